The molecule has 0 aromatic heterocycles. The van der Waals surface area contributed by atoms with Crippen molar-refractivity contribution in [2.75, 3.05) is 6.61 Å². The van der Waals surface area contributed by atoms with Gasteiger partial charge in [-0.05, 0) is 72.8 Å². The first-order chi connectivity index (χ1) is 19.1. The van der Waals surface area contributed by atoms with E-state index in [-0.39, 0.29) is 16.7 Å². The average Bonchev–Trinajstić information content (AvgIpc) is 3.22. The Morgan fingerprint density at radius 2 is 1.02 bits per heavy atom. The summed E-state index contributed by atoms with van der Waals surface area (Å²) >= 11 is 17.7. The van der Waals surface area contributed by atoms with Gasteiger partial charge in [-0.25, -0.2) is 14.4 Å². The van der Waals surface area contributed by atoms with Crippen molar-refractivity contribution in [3.63, 3.8) is 0 Å². The molecular formula is C28H21Cl3O9. The number of esters is 4. The summed E-state index contributed by atoms with van der Waals surface area (Å²) in [5, 5.41) is 1.23. The number of hydrogen-bond donors (Lipinski definition) is 0. The van der Waals surface area contributed by atoms with Crippen LogP contribution < -0.4 is 0 Å². The fourth-order valence-corrected chi connectivity index (χ4v) is 4.11. The molecule has 0 radical (unpaired) electrons. The van der Waals surface area contributed by atoms with E-state index in [2.05, 4.69) is 0 Å². The number of hydrogen-bond acceptors (Lipinski definition) is 9. The van der Waals surface area contributed by atoms with Gasteiger partial charge in [0.15, 0.2) is 6.10 Å². The van der Waals surface area contributed by atoms with Gasteiger partial charge in [-0.15, -0.1) is 0 Å². The summed E-state index contributed by atoms with van der Waals surface area (Å²) < 4.78 is 27.7. The molecular weight excluding hydrogens is 587 g/mol. The highest BCUT2D eigenvalue weighted by Gasteiger charge is 2.52. The Morgan fingerprint density at radius 1 is 0.625 bits per heavy atom. The molecule has 208 valence electrons. The number of ether oxygens (including phenoxy) is 5. The fourth-order valence-electron chi connectivity index (χ4n) is 3.73. The topological polar surface area (TPSA) is 114 Å². The van der Waals surface area contributed by atoms with Crippen LogP contribution in [-0.2, 0) is 28.5 Å². The van der Waals surface area contributed by atoms with Gasteiger partial charge in [0, 0.05) is 22.0 Å². The third-order valence-corrected chi connectivity index (χ3v) is 6.41. The third-order valence-electron chi connectivity index (χ3n) is 5.65. The summed E-state index contributed by atoms with van der Waals surface area (Å²) in [5.74, 6) is -3.10. The van der Waals surface area contributed by atoms with Gasteiger partial charge in [0.1, 0.15) is 12.7 Å². The van der Waals surface area contributed by atoms with E-state index < -0.39 is 55.1 Å². The van der Waals surface area contributed by atoms with Gasteiger partial charge < -0.3 is 23.7 Å². The van der Waals surface area contributed by atoms with Crippen molar-refractivity contribution in [3.05, 3.63) is 105 Å². The molecule has 1 saturated heterocycles. The Kier molecular flexibility index (Phi) is 9.65. The minimum atomic E-state index is -1.48. The highest BCUT2D eigenvalue weighted by Crippen LogP contribution is 2.30. The highest BCUT2D eigenvalue weighted by molar-refractivity contribution is 6.31. The summed E-state index contributed by atoms with van der Waals surface area (Å²) in [5.41, 5.74) is 0.478. The molecule has 3 aromatic rings. The molecule has 12 heteroatoms. The van der Waals surface area contributed by atoms with E-state index in [1.165, 1.54) is 72.8 Å². The second-order valence-corrected chi connectivity index (χ2v) is 9.82. The van der Waals surface area contributed by atoms with Gasteiger partial charge >= 0.3 is 23.9 Å². The first kappa shape index (κ1) is 29.4. The second-order valence-electron chi connectivity index (χ2n) is 8.51. The summed E-state index contributed by atoms with van der Waals surface area (Å²) in [6, 6.07) is 17.7. The highest BCUT2D eigenvalue weighted by atomic mass is 35.5. The van der Waals surface area contributed by atoms with Crippen LogP contribution in [0.2, 0.25) is 15.1 Å². The molecule has 0 amide bonds. The molecule has 4 rings (SSSR count). The Morgan fingerprint density at radius 3 is 1.45 bits per heavy atom. The number of halogens is 3. The molecule has 1 aliphatic heterocycles. The molecule has 1 heterocycles. The number of benzene rings is 3. The van der Waals surface area contributed by atoms with Crippen LogP contribution in [0.4, 0.5) is 0 Å². The Labute approximate surface area is 243 Å². The SMILES string of the molecule is CC(=O)O[C@H]1O[C@@H](COC(=O)c2ccc(Cl)cc2)[C@H](OC(=O)c2ccc(Cl)cc2)[C@H]1OC(=O)c1ccc(Cl)cc1. The molecule has 0 aliphatic carbocycles. The fraction of sp³-hybridized carbons (Fsp3) is 0.214. The summed E-state index contributed by atoms with van der Waals surface area (Å²) in [4.78, 5) is 50.4. The van der Waals surface area contributed by atoms with Crippen LogP contribution in [0.15, 0.2) is 72.8 Å². The van der Waals surface area contributed by atoms with Crippen LogP contribution in [0.3, 0.4) is 0 Å². The van der Waals surface area contributed by atoms with Crippen molar-refractivity contribution < 1.29 is 42.9 Å². The molecule has 4 atom stereocenters. The molecule has 40 heavy (non-hydrogen) atoms. The first-order valence-electron chi connectivity index (χ1n) is 11.8. The summed E-state index contributed by atoms with van der Waals surface area (Å²) in [7, 11) is 0. The van der Waals surface area contributed by atoms with Crippen LogP contribution >= 0.6 is 34.8 Å². The van der Waals surface area contributed by atoms with Gasteiger partial charge in [0.25, 0.3) is 0 Å². The van der Waals surface area contributed by atoms with E-state index in [4.69, 9.17) is 58.5 Å². The van der Waals surface area contributed by atoms with Gasteiger partial charge in [-0.3, -0.25) is 4.79 Å². The normalized spacial score (nSPS) is 19.9. The Hall–Kier alpha value is -3.63. The number of carbonyl (C=O) groups excluding carboxylic acids is 4. The van der Waals surface area contributed by atoms with Crippen molar-refractivity contribution in [2.45, 2.75) is 31.5 Å². The zero-order valence-electron chi connectivity index (χ0n) is 20.8. The van der Waals surface area contributed by atoms with Gasteiger partial charge in [-0.2, -0.15) is 0 Å². The standard InChI is InChI=1S/C28H21Cl3O9/c1-15(32)37-28-24(40-27(35)18-6-12-21(31)13-7-18)23(39-26(34)17-4-10-20(30)11-5-17)22(38-28)14-36-25(33)16-2-8-19(29)9-3-16/h2-13,22-24,28H,14H2,1H3/t22-,23-,24+,28-/m0/s1. The molecule has 0 N–H and O–H groups in total. The van der Waals surface area contributed by atoms with Crippen LogP contribution in [0.25, 0.3) is 0 Å². The zero-order valence-corrected chi connectivity index (χ0v) is 23.0. The smallest absolute Gasteiger partial charge is 0.338 e. The predicted molar refractivity (Wildman–Crippen MR) is 143 cm³/mol. The lowest BCUT2D eigenvalue weighted by molar-refractivity contribution is -0.187. The van der Waals surface area contributed by atoms with E-state index in [9.17, 15) is 19.2 Å². The number of carbonyl (C=O) groups is 4. The lowest BCUT2D eigenvalue weighted by Crippen LogP contribution is -2.42. The van der Waals surface area contributed by atoms with Crippen LogP contribution in [0.1, 0.15) is 38.0 Å². The molecule has 0 bridgehead atoms. The van der Waals surface area contributed by atoms with E-state index in [1.807, 2.05) is 0 Å². The van der Waals surface area contributed by atoms with E-state index >= 15 is 0 Å². The predicted octanol–water partition coefficient (Wildman–Crippen LogP) is 5.54. The lowest BCUT2D eigenvalue weighted by atomic mass is 10.1. The van der Waals surface area contributed by atoms with Crippen LogP contribution in [0, 0.1) is 0 Å². The number of rotatable bonds is 8. The average molecular weight is 608 g/mol. The lowest BCUT2D eigenvalue weighted by Gasteiger charge is -2.24. The quantitative estimate of drug-likeness (QED) is 0.240. The van der Waals surface area contributed by atoms with E-state index in [0.29, 0.717) is 15.1 Å². The second kappa shape index (κ2) is 13.1. The summed E-state index contributed by atoms with van der Waals surface area (Å²) in [6.07, 6.45) is -5.42. The molecule has 9 nitrogen and oxygen atoms in total. The Bertz CT molecular complexity index is 1380. The minimum absolute atomic E-state index is 0.131. The maximum atomic E-state index is 13.0. The third kappa shape index (κ3) is 7.51. The van der Waals surface area contributed by atoms with Gasteiger partial charge in [0.2, 0.25) is 12.4 Å². The first-order valence-corrected chi connectivity index (χ1v) is 12.9. The molecule has 1 aliphatic rings. The van der Waals surface area contributed by atoms with E-state index in [1.54, 1.807) is 0 Å². The van der Waals surface area contributed by atoms with Crippen molar-refractivity contribution in [1.29, 1.82) is 0 Å². The molecule has 0 saturated carbocycles. The minimum Gasteiger partial charge on any atom is -0.459 e. The Balaban J connectivity index is 1.59. The monoisotopic (exact) mass is 606 g/mol. The van der Waals surface area contributed by atoms with Crippen molar-refractivity contribution in [2.24, 2.45) is 0 Å². The maximum absolute atomic E-state index is 13.0. The maximum Gasteiger partial charge on any atom is 0.338 e. The van der Waals surface area contributed by atoms with Gasteiger partial charge in [0.05, 0.1) is 16.7 Å². The molecule has 1 fully saturated rings. The van der Waals surface area contributed by atoms with Crippen LogP contribution in [-0.4, -0.2) is 55.1 Å². The summed E-state index contributed by atoms with van der Waals surface area (Å²) in [6.45, 7) is 0.691. The zero-order chi connectivity index (χ0) is 28.8. The molecule has 0 spiro atoms. The largest absolute Gasteiger partial charge is 0.459 e. The van der Waals surface area contributed by atoms with Crippen molar-refractivity contribution in [3.8, 4) is 0 Å². The molecule has 3 aromatic carbocycles. The van der Waals surface area contributed by atoms with Gasteiger partial charge in [-0.1, -0.05) is 34.8 Å². The molecule has 0 unspecified atom stereocenters. The van der Waals surface area contributed by atoms with Crippen molar-refractivity contribution >= 4 is 58.7 Å². The van der Waals surface area contributed by atoms with Crippen LogP contribution in [0.5, 0.6) is 0 Å². The van der Waals surface area contributed by atoms with E-state index in [0.717, 1.165) is 6.92 Å². The van der Waals surface area contributed by atoms with Crippen molar-refractivity contribution in [1.82, 2.24) is 0 Å².